The van der Waals surface area contributed by atoms with Crippen molar-refractivity contribution >= 4 is 11.8 Å². The number of amides is 2. The van der Waals surface area contributed by atoms with Gasteiger partial charge in [-0.2, -0.15) is 0 Å². The van der Waals surface area contributed by atoms with Crippen molar-refractivity contribution in [3.8, 4) is 5.75 Å². The van der Waals surface area contributed by atoms with E-state index in [1.807, 2.05) is 30.0 Å². The van der Waals surface area contributed by atoms with Gasteiger partial charge in [0, 0.05) is 19.7 Å². The van der Waals surface area contributed by atoms with E-state index in [1.54, 1.807) is 0 Å². The topological polar surface area (TPSA) is 67.9 Å². The Morgan fingerprint density at radius 3 is 2.93 bits per heavy atom. The molecule has 3 rings (SSSR count). The number of para-hydroxylation sites is 1. The first kappa shape index (κ1) is 20.6. The van der Waals surface area contributed by atoms with E-state index in [9.17, 15) is 9.59 Å². The predicted octanol–water partition coefficient (Wildman–Crippen LogP) is 2.55. The summed E-state index contributed by atoms with van der Waals surface area (Å²) < 4.78 is 11.2. The highest BCUT2D eigenvalue weighted by atomic mass is 16.5. The lowest BCUT2D eigenvalue weighted by molar-refractivity contribution is -0.145. The van der Waals surface area contributed by atoms with E-state index < -0.39 is 5.41 Å². The second-order valence-electron chi connectivity index (χ2n) is 7.76. The number of aryl methyl sites for hydroxylation is 1. The van der Waals surface area contributed by atoms with Crippen molar-refractivity contribution in [3.05, 3.63) is 29.8 Å². The monoisotopic (exact) mass is 388 g/mol. The Bertz CT molecular complexity index is 678. The van der Waals surface area contributed by atoms with Gasteiger partial charge in [-0.1, -0.05) is 24.6 Å². The van der Waals surface area contributed by atoms with Gasteiger partial charge in [-0.3, -0.25) is 9.59 Å². The van der Waals surface area contributed by atoms with Crippen LogP contribution in [0.25, 0.3) is 0 Å². The first-order valence-corrected chi connectivity index (χ1v) is 10.5. The summed E-state index contributed by atoms with van der Waals surface area (Å²) in [4.78, 5) is 27.4. The fourth-order valence-electron chi connectivity index (χ4n) is 4.27. The number of hydrogen-bond donors (Lipinski definition) is 1. The molecule has 2 amide bonds. The van der Waals surface area contributed by atoms with E-state index in [1.165, 1.54) is 5.56 Å². The molecule has 28 heavy (non-hydrogen) atoms. The van der Waals surface area contributed by atoms with Crippen LogP contribution in [-0.4, -0.2) is 56.2 Å². The fraction of sp³-hybridized carbons (Fsp3) is 0.636. The number of hydrogen-bond acceptors (Lipinski definition) is 4. The second kappa shape index (κ2) is 9.92. The third-order valence-electron chi connectivity index (χ3n) is 5.81. The number of carbonyl (C=O) groups is 2. The Balaban J connectivity index is 1.70. The van der Waals surface area contributed by atoms with Crippen LogP contribution < -0.4 is 10.1 Å². The van der Waals surface area contributed by atoms with Gasteiger partial charge in [0.05, 0.1) is 12.0 Å². The number of nitrogens with zero attached hydrogens (tertiary/aromatic N) is 1. The van der Waals surface area contributed by atoms with E-state index >= 15 is 0 Å². The maximum absolute atomic E-state index is 13.1. The molecule has 6 nitrogen and oxygen atoms in total. The van der Waals surface area contributed by atoms with Crippen molar-refractivity contribution in [2.75, 3.05) is 39.5 Å². The van der Waals surface area contributed by atoms with Gasteiger partial charge in [0.25, 0.3) is 0 Å². The van der Waals surface area contributed by atoms with Crippen LogP contribution >= 0.6 is 0 Å². The van der Waals surface area contributed by atoms with Crippen molar-refractivity contribution in [2.45, 2.75) is 45.4 Å². The summed E-state index contributed by atoms with van der Waals surface area (Å²) in [6.45, 7) is 4.62. The Morgan fingerprint density at radius 2 is 2.07 bits per heavy atom. The fourth-order valence-corrected chi connectivity index (χ4v) is 4.27. The average molecular weight is 389 g/mol. The van der Waals surface area contributed by atoms with Gasteiger partial charge in [0.2, 0.25) is 11.8 Å². The summed E-state index contributed by atoms with van der Waals surface area (Å²) in [5, 5.41) is 3.06. The average Bonchev–Trinajstić information content (AvgIpc) is 2.72. The Kier molecular flexibility index (Phi) is 7.31. The highest BCUT2D eigenvalue weighted by molar-refractivity contribution is 5.85. The summed E-state index contributed by atoms with van der Waals surface area (Å²) >= 11 is 0. The van der Waals surface area contributed by atoms with Gasteiger partial charge < -0.3 is 19.7 Å². The first-order chi connectivity index (χ1) is 13.6. The Hall–Kier alpha value is -2.08. The molecule has 1 N–H and O–H groups in total. The van der Waals surface area contributed by atoms with Crippen LogP contribution in [0.2, 0.25) is 0 Å². The zero-order chi connectivity index (χ0) is 19.8. The van der Waals surface area contributed by atoms with E-state index in [-0.39, 0.29) is 18.4 Å². The van der Waals surface area contributed by atoms with Gasteiger partial charge in [0.15, 0.2) is 0 Å². The molecule has 6 heteroatoms. The molecule has 1 aromatic carbocycles. The quantitative estimate of drug-likeness (QED) is 0.864. The summed E-state index contributed by atoms with van der Waals surface area (Å²) in [6.07, 6.45) is 5.39. The molecule has 1 saturated heterocycles. The van der Waals surface area contributed by atoms with Gasteiger partial charge in [-0.25, -0.2) is 0 Å². The van der Waals surface area contributed by atoms with Crippen molar-refractivity contribution in [1.29, 1.82) is 0 Å². The van der Waals surface area contributed by atoms with Crippen LogP contribution in [0.1, 0.15) is 44.6 Å². The van der Waals surface area contributed by atoms with Crippen LogP contribution in [0.15, 0.2) is 24.3 Å². The van der Waals surface area contributed by atoms with E-state index in [4.69, 9.17) is 9.47 Å². The van der Waals surface area contributed by atoms with Crippen molar-refractivity contribution in [3.63, 3.8) is 0 Å². The van der Waals surface area contributed by atoms with Gasteiger partial charge in [-0.15, -0.1) is 0 Å². The van der Waals surface area contributed by atoms with Crippen LogP contribution in [0.3, 0.4) is 0 Å². The Morgan fingerprint density at radius 1 is 1.25 bits per heavy atom. The lowest BCUT2D eigenvalue weighted by atomic mass is 9.74. The second-order valence-corrected chi connectivity index (χ2v) is 7.76. The molecular weight excluding hydrogens is 356 g/mol. The molecule has 2 aliphatic heterocycles. The molecule has 1 fully saturated rings. The molecule has 0 saturated carbocycles. The molecule has 2 heterocycles. The third-order valence-corrected chi connectivity index (χ3v) is 5.81. The van der Waals surface area contributed by atoms with Crippen molar-refractivity contribution < 1.29 is 19.1 Å². The molecular formula is C22H32N2O4. The molecule has 1 aromatic rings. The molecule has 1 unspecified atom stereocenters. The summed E-state index contributed by atoms with van der Waals surface area (Å²) in [7, 11) is 0. The minimum atomic E-state index is -0.501. The number of rotatable bonds is 3. The Labute approximate surface area is 167 Å². The van der Waals surface area contributed by atoms with Crippen LogP contribution in [0, 0.1) is 5.41 Å². The number of likely N-dealkylation sites (tertiary alicyclic amines) is 1. The largest absolute Gasteiger partial charge is 0.491 e. The minimum absolute atomic E-state index is 0.0166. The molecule has 0 aliphatic carbocycles. The standard InChI is InChI=1S/C22H32N2O4/c1-2-27-16-20(25)24-14-7-12-22(17-24)11-6-5-9-18-8-3-4-10-19(18)28-15-13-23-21(22)26/h3-4,8,10H,2,5-7,9,11-17H2,1H3,(H,23,26). The molecule has 0 radical (unpaired) electrons. The molecule has 154 valence electrons. The highest BCUT2D eigenvalue weighted by Crippen LogP contribution is 2.36. The normalized spacial score (nSPS) is 23.8. The lowest BCUT2D eigenvalue weighted by Gasteiger charge is -2.42. The SMILES string of the molecule is CCOCC(=O)N1CCCC2(CCCCc3ccccc3OCCNC2=O)C1. The number of ether oxygens (including phenoxy) is 2. The lowest BCUT2D eigenvalue weighted by Crippen LogP contribution is -2.54. The van der Waals surface area contributed by atoms with E-state index in [0.717, 1.165) is 44.3 Å². The van der Waals surface area contributed by atoms with E-state index in [2.05, 4.69) is 11.4 Å². The van der Waals surface area contributed by atoms with Crippen LogP contribution in [0.4, 0.5) is 0 Å². The van der Waals surface area contributed by atoms with Crippen molar-refractivity contribution in [1.82, 2.24) is 10.2 Å². The van der Waals surface area contributed by atoms with Gasteiger partial charge in [0.1, 0.15) is 19.0 Å². The zero-order valence-corrected chi connectivity index (χ0v) is 16.9. The van der Waals surface area contributed by atoms with Crippen LogP contribution in [-0.2, 0) is 20.7 Å². The van der Waals surface area contributed by atoms with E-state index in [0.29, 0.717) is 32.8 Å². The molecule has 2 aliphatic rings. The molecule has 1 atom stereocenters. The number of carbonyl (C=O) groups excluding carboxylic acids is 2. The zero-order valence-electron chi connectivity index (χ0n) is 16.9. The summed E-state index contributed by atoms with van der Waals surface area (Å²) in [5.74, 6) is 0.952. The van der Waals surface area contributed by atoms with Gasteiger partial charge >= 0.3 is 0 Å². The highest BCUT2D eigenvalue weighted by Gasteiger charge is 2.42. The molecule has 1 spiro atoms. The van der Waals surface area contributed by atoms with Crippen molar-refractivity contribution in [2.24, 2.45) is 5.41 Å². The first-order valence-electron chi connectivity index (χ1n) is 10.5. The predicted molar refractivity (Wildman–Crippen MR) is 107 cm³/mol. The summed E-state index contributed by atoms with van der Waals surface area (Å²) in [5.41, 5.74) is 0.722. The smallest absolute Gasteiger partial charge is 0.248 e. The maximum atomic E-state index is 13.1. The maximum Gasteiger partial charge on any atom is 0.248 e. The number of benzene rings is 1. The minimum Gasteiger partial charge on any atom is -0.491 e. The number of nitrogens with one attached hydrogen (secondary N) is 1. The third kappa shape index (κ3) is 5.04. The van der Waals surface area contributed by atoms with Gasteiger partial charge in [-0.05, 0) is 50.7 Å². The molecule has 0 bridgehead atoms. The molecule has 0 aromatic heterocycles. The van der Waals surface area contributed by atoms with Crippen LogP contribution in [0.5, 0.6) is 5.75 Å². The number of piperidine rings is 1. The number of fused-ring (bicyclic) bond motifs is 1. The summed E-state index contributed by atoms with van der Waals surface area (Å²) in [6, 6.07) is 8.13.